The summed E-state index contributed by atoms with van der Waals surface area (Å²) in [6.45, 7) is 4.35. The van der Waals surface area contributed by atoms with Crippen molar-refractivity contribution in [3.05, 3.63) is 69.0 Å². The van der Waals surface area contributed by atoms with Gasteiger partial charge in [-0.15, -0.1) is 0 Å². The normalized spacial score (nSPS) is 11.0. The lowest BCUT2D eigenvalue weighted by Gasteiger charge is -2.12. The van der Waals surface area contributed by atoms with Gasteiger partial charge in [0, 0.05) is 18.2 Å². The number of aryl methyl sites for hydroxylation is 2. The standard InChI is InChI=1S/C25H28N2O5/c1-15-6-8-18-14-19(25(29)27-23(18)16(15)2)10-11-26-22(28)9-7-17-12-20(30-3)24(32-5)21(13-17)31-4/h6-9,12-14H,10-11H2,1-5H3,(H,26,28)(H,27,29). The first-order valence-corrected chi connectivity index (χ1v) is 10.3. The van der Waals surface area contributed by atoms with E-state index in [9.17, 15) is 9.59 Å². The van der Waals surface area contributed by atoms with Crippen LogP contribution in [0.15, 0.2) is 41.2 Å². The second kappa shape index (κ2) is 10.0. The number of ether oxygens (including phenoxy) is 3. The summed E-state index contributed by atoms with van der Waals surface area (Å²) in [5.41, 5.74) is 4.29. The van der Waals surface area contributed by atoms with Crippen LogP contribution in [0.5, 0.6) is 17.2 Å². The van der Waals surface area contributed by atoms with Gasteiger partial charge in [0.1, 0.15) is 0 Å². The predicted molar refractivity (Wildman–Crippen MR) is 126 cm³/mol. The van der Waals surface area contributed by atoms with E-state index in [4.69, 9.17) is 14.2 Å². The second-order valence-electron chi connectivity index (χ2n) is 7.43. The molecule has 1 heterocycles. The van der Waals surface area contributed by atoms with E-state index < -0.39 is 0 Å². The molecule has 7 heteroatoms. The number of aromatic nitrogens is 1. The molecule has 0 spiro atoms. The fourth-order valence-corrected chi connectivity index (χ4v) is 3.50. The maximum Gasteiger partial charge on any atom is 0.251 e. The quantitative estimate of drug-likeness (QED) is 0.527. The molecule has 0 aliphatic rings. The molecular weight excluding hydrogens is 408 g/mol. The van der Waals surface area contributed by atoms with E-state index >= 15 is 0 Å². The van der Waals surface area contributed by atoms with Crippen molar-refractivity contribution < 1.29 is 19.0 Å². The van der Waals surface area contributed by atoms with Crippen LogP contribution in [0.3, 0.4) is 0 Å². The fourth-order valence-electron chi connectivity index (χ4n) is 3.50. The number of hydrogen-bond acceptors (Lipinski definition) is 5. The van der Waals surface area contributed by atoms with Gasteiger partial charge in [0.05, 0.1) is 26.8 Å². The highest BCUT2D eigenvalue weighted by atomic mass is 16.5. The number of methoxy groups -OCH3 is 3. The van der Waals surface area contributed by atoms with Crippen LogP contribution in [0.25, 0.3) is 17.0 Å². The minimum absolute atomic E-state index is 0.131. The van der Waals surface area contributed by atoms with Crippen LogP contribution in [0, 0.1) is 13.8 Å². The van der Waals surface area contributed by atoms with E-state index in [-0.39, 0.29) is 11.5 Å². The molecule has 2 aromatic carbocycles. The smallest absolute Gasteiger partial charge is 0.251 e. The molecule has 0 aliphatic heterocycles. The molecule has 0 saturated carbocycles. The molecule has 0 saturated heterocycles. The summed E-state index contributed by atoms with van der Waals surface area (Å²) in [6.07, 6.45) is 3.52. The first kappa shape index (κ1) is 22.9. The maximum atomic E-state index is 12.4. The van der Waals surface area contributed by atoms with Crippen molar-refractivity contribution in [1.82, 2.24) is 10.3 Å². The first-order valence-electron chi connectivity index (χ1n) is 10.3. The van der Waals surface area contributed by atoms with Crippen molar-refractivity contribution in [2.45, 2.75) is 20.3 Å². The van der Waals surface area contributed by atoms with E-state index in [1.807, 2.05) is 32.0 Å². The second-order valence-corrected chi connectivity index (χ2v) is 7.43. The molecule has 0 unspecified atom stereocenters. The largest absolute Gasteiger partial charge is 0.493 e. The monoisotopic (exact) mass is 436 g/mol. The van der Waals surface area contributed by atoms with Gasteiger partial charge >= 0.3 is 0 Å². The van der Waals surface area contributed by atoms with Crippen LogP contribution in [-0.4, -0.2) is 38.8 Å². The average Bonchev–Trinajstić information content (AvgIpc) is 2.80. The summed E-state index contributed by atoms with van der Waals surface area (Å²) in [5.74, 6) is 1.24. The Labute approximate surface area is 187 Å². The number of carbonyl (C=O) groups is 1. The van der Waals surface area contributed by atoms with E-state index in [0.717, 1.165) is 27.6 Å². The molecule has 0 atom stereocenters. The highest BCUT2D eigenvalue weighted by Gasteiger charge is 2.12. The van der Waals surface area contributed by atoms with Crippen LogP contribution in [0.2, 0.25) is 0 Å². The Morgan fingerprint density at radius 1 is 1.03 bits per heavy atom. The van der Waals surface area contributed by atoms with Gasteiger partial charge in [0.2, 0.25) is 11.7 Å². The van der Waals surface area contributed by atoms with Crippen molar-refractivity contribution in [2.24, 2.45) is 0 Å². The molecule has 7 nitrogen and oxygen atoms in total. The van der Waals surface area contributed by atoms with Crippen LogP contribution >= 0.6 is 0 Å². The molecule has 2 N–H and O–H groups in total. The highest BCUT2D eigenvalue weighted by Crippen LogP contribution is 2.38. The van der Waals surface area contributed by atoms with Crippen LogP contribution < -0.4 is 25.1 Å². The van der Waals surface area contributed by atoms with E-state index in [0.29, 0.717) is 35.8 Å². The lowest BCUT2D eigenvalue weighted by atomic mass is 10.0. The Balaban J connectivity index is 1.66. The van der Waals surface area contributed by atoms with Gasteiger partial charge in [-0.3, -0.25) is 9.59 Å². The number of H-pyrrole nitrogens is 1. The molecule has 1 aromatic heterocycles. The van der Waals surface area contributed by atoms with Crippen LogP contribution in [0.1, 0.15) is 22.3 Å². The van der Waals surface area contributed by atoms with Gasteiger partial charge in [-0.05, 0) is 66.6 Å². The molecule has 1 amide bonds. The van der Waals surface area contributed by atoms with Crippen LogP contribution in [0.4, 0.5) is 0 Å². The Kier molecular flexibility index (Phi) is 7.20. The highest BCUT2D eigenvalue weighted by molar-refractivity contribution is 5.92. The summed E-state index contributed by atoms with van der Waals surface area (Å²) in [5, 5.41) is 3.79. The fraction of sp³-hybridized carbons (Fsp3) is 0.280. The number of hydrogen-bond donors (Lipinski definition) is 2. The van der Waals surface area contributed by atoms with Crippen molar-refractivity contribution in [1.29, 1.82) is 0 Å². The third-order valence-corrected chi connectivity index (χ3v) is 5.44. The van der Waals surface area contributed by atoms with Crippen molar-refractivity contribution in [2.75, 3.05) is 27.9 Å². The number of benzene rings is 2. The number of nitrogens with one attached hydrogen (secondary N) is 2. The van der Waals surface area contributed by atoms with Gasteiger partial charge in [0.15, 0.2) is 11.5 Å². The number of aromatic amines is 1. The van der Waals surface area contributed by atoms with E-state index in [1.54, 1.807) is 18.2 Å². The molecule has 0 fully saturated rings. The number of amides is 1. The van der Waals surface area contributed by atoms with E-state index in [2.05, 4.69) is 10.3 Å². The van der Waals surface area contributed by atoms with Crippen LogP contribution in [-0.2, 0) is 11.2 Å². The molecule has 0 aliphatic carbocycles. The Morgan fingerprint density at radius 2 is 1.72 bits per heavy atom. The molecule has 0 bridgehead atoms. The minimum atomic E-state index is -0.262. The molecule has 0 radical (unpaired) electrons. The first-order chi connectivity index (χ1) is 15.4. The third-order valence-electron chi connectivity index (χ3n) is 5.44. The van der Waals surface area contributed by atoms with Crippen molar-refractivity contribution in [3.63, 3.8) is 0 Å². The van der Waals surface area contributed by atoms with Gasteiger partial charge in [-0.2, -0.15) is 0 Å². The lowest BCUT2D eigenvalue weighted by Crippen LogP contribution is -2.25. The molecule has 168 valence electrons. The minimum Gasteiger partial charge on any atom is -0.493 e. The van der Waals surface area contributed by atoms with E-state index in [1.165, 1.54) is 27.4 Å². The Hall–Kier alpha value is -3.74. The molecular formula is C25H28N2O5. The van der Waals surface area contributed by atoms with Gasteiger partial charge in [0.25, 0.3) is 5.56 Å². The number of rotatable bonds is 8. The van der Waals surface area contributed by atoms with Crippen molar-refractivity contribution in [3.8, 4) is 17.2 Å². The average molecular weight is 437 g/mol. The number of pyridine rings is 1. The third kappa shape index (κ3) is 4.94. The zero-order valence-electron chi connectivity index (χ0n) is 19.0. The summed E-state index contributed by atoms with van der Waals surface area (Å²) in [6, 6.07) is 9.43. The number of fused-ring (bicyclic) bond motifs is 1. The van der Waals surface area contributed by atoms with Crippen molar-refractivity contribution >= 4 is 22.9 Å². The van der Waals surface area contributed by atoms with Gasteiger partial charge in [-0.25, -0.2) is 0 Å². The lowest BCUT2D eigenvalue weighted by molar-refractivity contribution is -0.116. The summed E-state index contributed by atoms with van der Waals surface area (Å²) in [4.78, 5) is 27.7. The summed E-state index contributed by atoms with van der Waals surface area (Å²) < 4.78 is 15.9. The zero-order chi connectivity index (χ0) is 23.3. The number of carbonyl (C=O) groups excluding carboxylic acids is 1. The molecule has 3 aromatic rings. The zero-order valence-corrected chi connectivity index (χ0v) is 19.0. The summed E-state index contributed by atoms with van der Waals surface area (Å²) >= 11 is 0. The molecule has 32 heavy (non-hydrogen) atoms. The van der Waals surface area contributed by atoms with Gasteiger partial charge < -0.3 is 24.5 Å². The maximum absolute atomic E-state index is 12.4. The van der Waals surface area contributed by atoms with Gasteiger partial charge in [-0.1, -0.05) is 12.1 Å². The topological polar surface area (TPSA) is 89.7 Å². The Bertz CT molecular complexity index is 1200. The Morgan fingerprint density at radius 3 is 2.34 bits per heavy atom. The predicted octanol–water partition coefficient (Wildman–Crippen LogP) is 3.54. The summed E-state index contributed by atoms with van der Waals surface area (Å²) in [7, 11) is 4.61. The SMILES string of the molecule is COc1cc(C=CC(=O)NCCc2cc3ccc(C)c(C)c3[nH]c2=O)cc(OC)c1OC. The molecule has 3 rings (SSSR count).